The van der Waals surface area contributed by atoms with Gasteiger partial charge in [-0.05, 0) is 30.9 Å². The van der Waals surface area contributed by atoms with Crippen molar-refractivity contribution >= 4 is 5.97 Å². The molecule has 3 heteroatoms. The molecule has 0 aliphatic rings. The van der Waals surface area contributed by atoms with Crippen LogP contribution in [0.4, 0.5) is 0 Å². The molecular formula is C13H17O3. The van der Waals surface area contributed by atoms with Gasteiger partial charge < -0.3 is 0 Å². The fraction of sp³-hybridized carbons (Fsp3) is 0.385. The van der Waals surface area contributed by atoms with Crippen LogP contribution in [0.25, 0.3) is 0 Å². The molecule has 0 fully saturated rings. The molecule has 0 heterocycles. The predicted molar refractivity (Wildman–Crippen MR) is 61.6 cm³/mol. The Hall–Kier alpha value is -1.35. The highest BCUT2D eigenvalue weighted by molar-refractivity contribution is 5.92. The lowest BCUT2D eigenvalue weighted by Gasteiger charge is -2.08. The van der Waals surface area contributed by atoms with E-state index in [2.05, 4.69) is 0 Å². The molecule has 0 spiro atoms. The molecule has 1 aromatic carbocycles. The number of rotatable bonds is 4. The van der Waals surface area contributed by atoms with Crippen molar-refractivity contribution in [2.45, 2.75) is 27.7 Å². The minimum absolute atomic E-state index is 0.214. The summed E-state index contributed by atoms with van der Waals surface area (Å²) in [5.74, 6) is -0.238. The van der Waals surface area contributed by atoms with Crippen molar-refractivity contribution in [1.82, 2.24) is 0 Å². The van der Waals surface area contributed by atoms with E-state index in [0.717, 1.165) is 11.1 Å². The molecule has 0 aromatic heterocycles. The van der Waals surface area contributed by atoms with E-state index < -0.39 is 5.97 Å². The van der Waals surface area contributed by atoms with Crippen molar-refractivity contribution in [2.24, 2.45) is 5.92 Å². The van der Waals surface area contributed by atoms with Crippen LogP contribution in [-0.2, 0) is 9.78 Å². The zero-order chi connectivity index (χ0) is 12.1. The van der Waals surface area contributed by atoms with Gasteiger partial charge in [-0.2, -0.15) is 4.89 Å². The largest absolute Gasteiger partial charge is 0.373 e. The molecular weight excluding hydrogens is 204 g/mol. The van der Waals surface area contributed by atoms with Gasteiger partial charge in [0.1, 0.15) is 6.61 Å². The fourth-order valence-electron chi connectivity index (χ4n) is 1.36. The third-order valence-corrected chi connectivity index (χ3v) is 2.14. The standard InChI is InChI=1S/C13H17O3/c1-9(2)8-15-16-13(14)12-10(3)6-5-7-11(12)4/h5-9H,1-4H3. The first-order chi connectivity index (χ1) is 7.52. The van der Waals surface area contributed by atoms with E-state index in [4.69, 9.17) is 9.78 Å². The predicted octanol–water partition coefficient (Wildman–Crippen LogP) is 3.21. The minimum Gasteiger partial charge on any atom is -0.292 e. The van der Waals surface area contributed by atoms with Crippen LogP contribution in [0, 0.1) is 26.4 Å². The normalized spacial score (nSPS) is 10.6. The van der Waals surface area contributed by atoms with Crippen molar-refractivity contribution in [1.29, 1.82) is 0 Å². The molecule has 0 unspecified atom stereocenters. The fourth-order valence-corrected chi connectivity index (χ4v) is 1.36. The van der Waals surface area contributed by atoms with Crippen LogP contribution in [0.15, 0.2) is 18.2 Å². The summed E-state index contributed by atoms with van der Waals surface area (Å²) in [4.78, 5) is 21.2. The van der Waals surface area contributed by atoms with Crippen molar-refractivity contribution in [3.8, 4) is 0 Å². The smallest absolute Gasteiger partial charge is 0.292 e. The quantitative estimate of drug-likeness (QED) is 0.578. The summed E-state index contributed by atoms with van der Waals surface area (Å²) in [7, 11) is 0. The van der Waals surface area contributed by atoms with Crippen molar-refractivity contribution < 1.29 is 14.6 Å². The Balaban J connectivity index is 2.66. The highest BCUT2D eigenvalue weighted by atomic mass is 17.2. The molecule has 16 heavy (non-hydrogen) atoms. The number of benzene rings is 1. The molecule has 0 aliphatic carbocycles. The van der Waals surface area contributed by atoms with E-state index in [0.29, 0.717) is 5.56 Å². The number of aryl methyl sites for hydroxylation is 2. The zero-order valence-electron chi connectivity index (χ0n) is 10.1. The second-order valence-corrected chi connectivity index (χ2v) is 4.11. The molecule has 0 atom stereocenters. The maximum absolute atomic E-state index is 11.7. The van der Waals surface area contributed by atoms with Crippen LogP contribution in [-0.4, -0.2) is 5.97 Å². The summed E-state index contributed by atoms with van der Waals surface area (Å²) in [6.07, 6.45) is 0. The number of hydrogen-bond acceptors (Lipinski definition) is 3. The van der Waals surface area contributed by atoms with Crippen molar-refractivity contribution in [3.63, 3.8) is 0 Å². The number of hydrogen-bond donors (Lipinski definition) is 0. The molecule has 3 nitrogen and oxygen atoms in total. The molecule has 1 radical (unpaired) electrons. The van der Waals surface area contributed by atoms with E-state index in [-0.39, 0.29) is 5.92 Å². The Kier molecular flexibility index (Phi) is 4.50. The molecule has 0 saturated carbocycles. The summed E-state index contributed by atoms with van der Waals surface area (Å²) in [5, 5.41) is 0. The lowest BCUT2D eigenvalue weighted by atomic mass is 10.0. The second kappa shape index (κ2) is 5.66. The molecule has 1 aromatic rings. The molecule has 1 rings (SSSR count). The van der Waals surface area contributed by atoms with Crippen LogP contribution < -0.4 is 0 Å². The molecule has 0 amide bonds. The van der Waals surface area contributed by atoms with Gasteiger partial charge in [0.05, 0.1) is 5.56 Å². The van der Waals surface area contributed by atoms with Gasteiger partial charge in [-0.15, -0.1) is 0 Å². The lowest BCUT2D eigenvalue weighted by molar-refractivity contribution is -0.217. The average Bonchev–Trinajstić information content (AvgIpc) is 2.16. The van der Waals surface area contributed by atoms with Gasteiger partial charge in [0.15, 0.2) is 0 Å². The monoisotopic (exact) mass is 221 g/mol. The highest BCUT2D eigenvalue weighted by Gasteiger charge is 2.14. The first-order valence-corrected chi connectivity index (χ1v) is 5.29. The van der Waals surface area contributed by atoms with Crippen molar-refractivity contribution in [2.75, 3.05) is 0 Å². The van der Waals surface area contributed by atoms with E-state index in [9.17, 15) is 4.79 Å². The molecule has 0 N–H and O–H groups in total. The molecule has 0 aliphatic heterocycles. The highest BCUT2D eigenvalue weighted by Crippen LogP contribution is 2.15. The van der Waals surface area contributed by atoms with Crippen LogP contribution in [0.5, 0.6) is 0 Å². The molecule has 87 valence electrons. The van der Waals surface area contributed by atoms with Gasteiger partial charge in [0, 0.05) is 0 Å². The molecule has 0 saturated heterocycles. The van der Waals surface area contributed by atoms with E-state index >= 15 is 0 Å². The maximum Gasteiger partial charge on any atom is 0.373 e. The minimum atomic E-state index is -0.451. The number of carbonyl (C=O) groups excluding carboxylic acids is 1. The Labute approximate surface area is 96.3 Å². The third-order valence-electron chi connectivity index (χ3n) is 2.14. The lowest BCUT2D eigenvalue weighted by Crippen LogP contribution is -2.10. The summed E-state index contributed by atoms with van der Waals surface area (Å²) >= 11 is 0. The second-order valence-electron chi connectivity index (χ2n) is 4.11. The van der Waals surface area contributed by atoms with Gasteiger partial charge in [-0.3, -0.25) is 4.89 Å². The topological polar surface area (TPSA) is 35.5 Å². The number of carbonyl (C=O) groups is 1. The first-order valence-electron chi connectivity index (χ1n) is 5.29. The summed E-state index contributed by atoms with van der Waals surface area (Å²) in [6.45, 7) is 9.09. The zero-order valence-corrected chi connectivity index (χ0v) is 10.1. The Morgan fingerprint density at radius 1 is 1.25 bits per heavy atom. The van der Waals surface area contributed by atoms with E-state index in [1.165, 1.54) is 6.61 Å². The van der Waals surface area contributed by atoms with E-state index in [1.807, 2.05) is 45.9 Å². The average molecular weight is 221 g/mol. The van der Waals surface area contributed by atoms with Crippen LogP contribution in [0.2, 0.25) is 0 Å². The van der Waals surface area contributed by atoms with Crippen LogP contribution in [0.3, 0.4) is 0 Å². The van der Waals surface area contributed by atoms with Crippen LogP contribution in [0.1, 0.15) is 35.3 Å². The first kappa shape index (κ1) is 12.7. The van der Waals surface area contributed by atoms with Gasteiger partial charge in [-0.1, -0.05) is 32.0 Å². The maximum atomic E-state index is 11.7. The van der Waals surface area contributed by atoms with Gasteiger partial charge in [0.2, 0.25) is 0 Å². The third kappa shape index (κ3) is 3.35. The van der Waals surface area contributed by atoms with Gasteiger partial charge >= 0.3 is 5.97 Å². The summed E-state index contributed by atoms with van der Waals surface area (Å²) in [5.41, 5.74) is 2.34. The SMILES string of the molecule is Cc1cccc(C)c1C(=O)OO[CH]C(C)C. The summed E-state index contributed by atoms with van der Waals surface area (Å²) in [6, 6.07) is 5.65. The van der Waals surface area contributed by atoms with Crippen molar-refractivity contribution in [3.05, 3.63) is 41.5 Å². The van der Waals surface area contributed by atoms with Gasteiger partial charge in [-0.25, -0.2) is 4.79 Å². The Bertz CT molecular complexity index is 349. The van der Waals surface area contributed by atoms with Gasteiger partial charge in [0.25, 0.3) is 0 Å². The van der Waals surface area contributed by atoms with E-state index in [1.54, 1.807) is 0 Å². The Morgan fingerprint density at radius 3 is 2.31 bits per heavy atom. The summed E-state index contributed by atoms with van der Waals surface area (Å²) < 4.78 is 0. The van der Waals surface area contributed by atoms with Crippen LogP contribution >= 0.6 is 0 Å². The Morgan fingerprint density at radius 2 is 1.81 bits per heavy atom. The molecule has 0 bridgehead atoms.